The molecule has 3 nitrogen and oxygen atoms in total. The summed E-state index contributed by atoms with van der Waals surface area (Å²) in [5.74, 6) is 0.461. The summed E-state index contributed by atoms with van der Waals surface area (Å²) in [7, 11) is 0. The van der Waals surface area contributed by atoms with Gasteiger partial charge in [-0.25, -0.2) is 0 Å². The molecule has 3 heteroatoms. The second kappa shape index (κ2) is 4.63. The Kier molecular flexibility index (Phi) is 3.57. The molecule has 2 saturated heterocycles. The monoisotopic (exact) mass is 226 g/mol. The van der Waals surface area contributed by atoms with Gasteiger partial charge in [0.2, 0.25) is 0 Å². The maximum Gasteiger partial charge on any atom is 0.0830 e. The summed E-state index contributed by atoms with van der Waals surface area (Å²) in [4.78, 5) is 0. The summed E-state index contributed by atoms with van der Waals surface area (Å²) in [6.45, 7) is 4.35. The van der Waals surface area contributed by atoms with E-state index >= 15 is 0 Å². The van der Waals surface area contributed by atoms with Crippen LogP contribution in [0.1, 0.15) is 52.4 Å². The van der Waals surface area contributed by atoms with Crippen molar-refractivity contribution in [3.05, 3.63) is 0 Å². The van der Waals surface area contributed by atoms with Crippen molar-refractivity contribution in [1.82, 2.24) is 5.32 Å². The van der Waals surface area contributed by atoms with E-state index in [1.165, 1.54) is 12.8 Å². The number of hydrogen-bond acceptors (Lipinski definition) is 3. The normalized spacial score (nSPS) is 40.3. The van der Waals surface area contributed by atoms with Crippen molar-refractivity contribution in [1.29, 1.82) is 0 Å². The Bertz CT molecular complexity index is 228. The molecule has 0 radical (unpaired) electrons. The fourth-order valence-corrected chi connectivity index (χ4v) is 3.67. The first-order valence-electron chi connectivity index (χ1n) is 6.83. The van der Waals surface area contributed by atoms with Gasteiger partial charge in [-0.3, -0.25) is 0 Å². The first kappa shape index (κ1) is 12.3. The van der Waals surface area contributed by atoms with Gasteiger partial charge in [0, 0.05) is 18.1 Å². The van der Waals surface area contributed by atoms with Crippen LogP contribution in [-0.4, -0.2) is 28.8 Å². The zero-order valence-electron chi connectivity index (χ0n) is 10.6. The second-order valence-corrected chi connectivity index (χ2v) is 5.75. The number of nitrogens with one attached hydrogen (secondary N) is 1. The number of fused-ring (bicyclic) bond motifs is 2. The molecular weight excluding hydrogens is 200 g/mol. The zero-order valence-corrected chi connectivity index (χ0v) is 10.6. The van der Waals surface area contributed by atoms with E-state index in [9.17, 15) is 5.11 Å². The van der Waals surface area contributed by atoms with Crippen LogP contribution in [-0.2, 0) is 0 Å². The molecule has 4 N–H and O–H groups in total. The lowest BCUT2D eigenvalue weighted by Crippen LogP contribution is -2.59. The van der Waals surface area contributed by atoms with Crippen LogP contribution in [0.2, 0.25) is 0 Å². The van der Waals surface area contributed by atoms with E-state index in [2.05, 4.69) is 19.2 Å². The molecule has 0 aliphatic carbocycles. The Hall–Kier alpha value is -0.120. The summed E-state index contributed by atoms with van der Waals surface area (Å²) in [6, 6.07) is 0.959. The van der Waals surface area contributed by atoms with Crippen molar-refractivity contribution in [3.8, 4) is 0 Å². The van der Waals surface area contributed by atoms with Gasteiger partial charge in [-0.2, -0.15) is 0 Å². The summed E-state index contributed by atoms with van der Waals surface area (Å²) in [6.07, 6.45) is 6.26. The zero-order chi connectivity index (χ0) is 11.8. The molecule has 2 bridgehead atoms. The number of hydrogen-bond donors (Lipinski definition) is 3. The van der Waals surface area contributed by atoms with Gasteiger partial charge in [0.15, 0.2) is 0 Å². The SMILES string of the molecule is CCC(CC)C(N)C1(O)CC2CCC(C1)N2. The lowest BCUT2D eigenvalue weighted by atomic mass is 9.75. The minimum Gasteiger partial charge on any atom is -0.388 e. The van der Waals surface area contributed by atoms with Crippen LogP contribution in [0, 0.1) is 5.92 Å². The second-order valence-electron chi connectivity index (χ2n) is 5.75. The van der Waals surface area contributed by atoms with Crippen LogP contribution in [0.4, 0.5) is 0 Å². The molecule has 2 fully saturated rings. The van der Waals surface area contributed by atoms with E-state index in [0.29, 0.717) is 18.0 Å². The molecule has 0 saturated carbocycles. The van der Waals surface area contributed by atoms with E-state index in [4.69, 9.17) is 5.73 Å². The highest BCUT2D eigenvalue weighted by Gasteiger charge is 2.47. The van der Waals surface area contributed by atoms with E-state index in [1.807, 2.05) is 0 Å². The number of aliphatic hydroxyl groups is 1. The van der Waals surface area contributed by atoms with Gasteiger partial charge in [-0.1, -0.05) is 26.7 Å². The van der Waals surface area contributed by atoms with Crippen molar-refractivity contribution >= 4 is 0 Å². The third-order valence-corrected chi connectivity index (χ3v) is 4.71. The maximum atomic E-state index is 10.8. The Labute approximate surface area is 98.8 Å². The van der Waals surface area contributed by atoms with Crippen LogP contribution < -0.4 is 11.1 Å². The van der Waals surface area contributed by atoms with Gasteiger partial charge in [0.05, 0.1) is 5.60 Å². The average molecular weight is 226 g/mol. The molecule has 2 aliphatic heterocycles. The largest absolute Gasteiger partial charge is 0.388 e. The topological polar surface area (TPSA) is 58.3 Å². The van der Waals surface area contributed by atoms with Crippen LogP contribution in [0.15, 0.2) is 0 Å². The smallest absolute Gasteiger partial charge is 0.0830 e. The number of nitrogens with two attached hydrogens (primary N) is 1. The fourth-order valence-electron chi connectivity index (χ4n) is 3.67. The molecule has 0 amide bonds. The third kappa shape index (κ3) is 2.13. The lowest BCUT2D eigenvalue weighted by Gasteiger charge is -2.43. The molecular formula is C13H26N2O. The highest BCUT2D eigenvalue weighted by atomic mass is 16.3. The number of piperidine rings is 1. The van der Waals surface area contributed by atoms with E-state index in [-0.39, 0.29) is 6.04 Å². The van der Waals surface area contributed by atoms with Crippen molar-refractivity contribution in [2.24, 2.45) is 11.7 Å². The Balaban J connectivity index is 2.06. The maximum absolute atomic E-state index is 10.8. The molecule has 0 aromatic rings. The van der Waals surface area contributed by atoms with Gasteiger partial charge in [-0.05, 0) is 31.6 Å². The molecule has 0 aromatic heterocycles. The van der Waals surface area contributed by atoms with E-state index < -0.39 is 5.60 Å². The predicted molar refractivity (Wildman–Crippen MR) is 66.2 cm³/mol. The first-order chi connectivity index (χ1) is 7.59. The van der Waals surface area contributed by atoms with Crippen LogP contribution >= 0.6 is 0 Å². The van der Waals surface area contributed by atoms with Gasteiger partial charge >= 0.3 is 0 Å². The van der Waals surface area contributed by atoms with Crippen molar-refractivity contribution < 1.29 is 5.11 Å². The Morgan fingerprint density at radius 1 is 1.25 bits per heavy atom. The van der Waals surface area contributed by atoms with Crippen molar-refractivity contribution in [2.75, 3.05) is 0 Å². The Morgan fingerprint density at radius 2 is 1.75 bits per heavy atom. The molecule has 2 rings (SSSR count). The summed E-state index contributed by atoms with van der Waals surface area (Å²) < 4.78 is 0. The van der Waals surface area contributed by atoms with E-state index in [0.717, 1.165) is 25.7 Å². The quantitative estimate of drug-likeness (QED) is 0.679. The molecule has 0 aromatic carbocycles. The van der Waals surface area contributed by atoms with Crippen LogP contribution in [0.3, 0.4) is 0 Å². The average Bonchev–Trinajstić information content (AvgIpc) is 2.60. The molecule has 2 heterocycles. The van der Waals surface area contributed by atoms with Gasteiger partial charge in [0.1, 0.15) is 0 Å². The molecule has 16 heavy (non-hydrogen) atoms. The molecule has 0 spiro atoms. The highest BCUT2D eigenvalue weighted by Crippen LogP contribution is 2.38. The predicted octanol–water partition coefficient (Wildman–Crippen LogP) is 1.40. The van der Waals surface area contributed by atoms with Crippen molar-refractivity contribution in [3.63, 3.8) is 0 Å². The molecule has 94 valence electrons. The minimum atomic E-state index is -0.617. The van der Waals surface area contributed by atoms with Gasteiger partial charge < -0.3 is 16.2 Å². The first-order valence-corrected chi connectivity index (χ1v) is 6.83. The van der Waals surface area contributed by atoms with Gasteiger partial charge in [-0.15, -0.1) is 0 Å². The van der Waals surface area contributed by atoms with E-state index in [1.54, 1.807) is 0 Å². The minimum absolute atomic E-state index is 0.0484. The standard InChI is InChI=1S/C13H26N2O/c1-3-9(4-2)12(14)13(16)7-10-5-6-11(8-13)15-10/h9-12,15-16H,3-8,14H2,1-2H3. The van der Waals surface area contributed by atoms with Crippen molar-refractivity contribution in [2.45, 2.75) is 76.1 Å². The third-order valence-electron chi connectivity index (χ3n) is 4.71. The summed E-state index contributed by atoms with van der Waals surface area (Å²) >= 11 is 0. The van der Waals surface area contributed by atoms with Gasteiger partial charge in [0.25, 0.3) is 0 Å². The summed E-state index contributed by atoms with van der Waals surface area (Å²) in [5.41, 5.74) is 5.71. The molecule has 3 atom stereocenters. The number of rotatable bonds is 4. The fraction of sp³-hybridized carbons (Fsp3) is 1.00. The van der Waals surface area contributed by atoms with Crippen LogP contribution in [0.5, 0.6) is 0 Å². The molecule has 2 aliphatic rings. The summed E-state index contributed by atoms with van der Waals surface area (Å²) in [5, 5.41) is 14.3. The lowest BCUT2D eigenvalue weighted by molar-refractivity contribution is -0.0451. The molecule has 3 unspecified atom stereocenters. The Morgan fingerprint density at radius 3 is 2.19 bits per heavy atom. The highest BCUT2D eigenvalue weighted by molar-refractivity contribution is 5.05. The van der Waals surface area contributed by atoms with Crippen LogP contribution in [0.25, 0.3) is 0 Å².